The number of benzene rings is 3. The van der Waals surface area contributed by atoms with Gasteiger partial charge in [0.05, 0.1) is 12.6 Å². The van der Waals surface area contributed by atoms with Crippen molar-refractivity contribution in [2.75, 3.05) is 39.3 Å². The predicted octanol–water partition coefficient (Wildman–Crippen LogP) is 5.12. The molecule has 2 fully saturated rings. The molecule has 5 rings (SSSR count). The first-order valence-electron chi connectivity index (χ1n) is 13.1. The highest BCUT2D eigenvalue weighted by Crippen LogP contribution is 2.27. The number of amides is 1. The van der Waals surface area contributed by atoms with Gasteiger partial charge in [-0.05, 0) is 41.0 Å². The van der Waals surface area contributed by atoms with Gasteiger partial charge in [0.15, 0.2) is 0 Å². The van der Waals surface area contributed by atoms with Crippen molar-refractivity contribution >= 4 is 23.5 Å². The van der Waals surface area contributed by atoms with Crippen LogP contribution in [0.5, 0.6) is 0 Å². The van der Waals surface area contributed by atoms with Gasteiger partial charge < -0.3 is 9.64 Å². The standard InChI is InChI=1S/C30H29ClF3N3O3/c31-25-12-6-21(7-13-25)18-35-14-16-36(17-15-35)26-19-37(20-27(26)40-29(39)30(32,33)34)28(38)24-10-8-23(9-11-24)22-4-2-1-3-5-22/h1-13,26-27H,14-20H2/t26-,27-/m0/s1. The van der Waals surface area contributed by atoms with E-state index in [-0.39, 0.29) is 19.0 Å². The van der Waals surface area contributed by atoms with E-state index in [0.29, 0.717) is 36.8 Å². The minimum absolute atomic E-state index is 0.100. The molecule has 2 heterocycles. The third-order valence-electron chi connectivity index (χ3n) is 7.45. The van der Waals surface area contributed by atoms with Crippen LogP contribution in [0.3, 0.4) is 0 Å². The van der Waals surface area contributed by atoms with E-state index in [2.05, 4.69) is 4.90 Å². The molecule has 6 nitrogen and oxygen atoms in total. The van der Waals surface area contributed by atoms with Crippen LogP contribution in [-0.4, -0.2) is 84.2 Å². The summed E-state index contributed by atoms with van der Waals surface area (Å²) >= 11 is 5.97. The van der Waals surface area contributed by atoms with Gasteiger partial charge in [-0.2, -0.15) is 13.2 Å². The van der Waals surface area contributed by atoms with Crippen molar-refractivity contribution in [1.82, 2.24) is 14.7 Å². The Balaban J connectivity index is 1.26. The highest BCUT2D eigenvalue weighted by Gasteiger charge is 2.47. The largest absolute Gasteiger partial charge is 0.490 e. The Kier molecular flexibility index (Phi) is 8.44. The van der Waals surface area contributed by atoms with Crippen molar-refractivity contribution in [3.63, 3.8) is 0 Å². The van der Waals surface area contributed by atoms with Crippen molar-refractivity contribution in [1.29, 1.82) is 0 Å². The lowest BCUT2D eigenvalue weighted by Crippen LogP contribution is -2.54. The van der Waals surface area contributed by atoms with Crippen LogP contribution in [0.2, 0.25) is 5.02 Å². The van der Waals surface area contributed by atoms with Crippen LogP contribution < -0.4 is 0 Å². The number of ether oxygens (including phenoxy) is 1. The zero-order valence-electron chi connectivity index (χ0n) is 21.7. The third-order valence-corrected chi connectivity index (χ3v) is 7.70. The quantitative estimate of drug-likeness (QED) is 0.384. The molecule has 0 N–H and O–H groups in total. The SMILES string of the molecule is O=C(c1ccc(-c2ccccc2)cc1)N1C[C@H](OC(=O)C(F)(F)F)[C@@H](N2CCN(Cc3ccc(Cl)cc3)CC2)C1. The minimum Gasteiger partial charge on any atom is -0.452 e. The smallest absolute Gasteiger partial charge is 0.452 e. The number of esters is 1. The molecule has 210 valence electrons. The lowest BCUT2D eigenvalue weighted by molar-refractivity contribution is -0.206. The lowest BCUT2D eigenvalue weighted by Gasteiger charge is -2.39. The van der Waals surface area contributed by atoms with Gasteiger partial charge in [-0.3, -0.25) is 14.6 Å². The van der Waals surface area contributed by atoms with Crippen LogP contribution in [0.4, 0.5) is 13.2 Å². The molecule has 0 aliphatic carbocycles. The molecule has 3 aromatic rings. The summed E-state index contributed by atoms with van der Waals surface area (Å²) in [6.45, 7) is 3.33. The second-order valence-corrected chi connectivity index (χ2v) is 10.5. The molecule has 2 atom stereocenters. The molecule has 0 spiro atoms. The highest BCUT2D eigenvalue weighted by molar-refractivity contribution is 6.30. The average Bonchev–Trinajstić information content (AvgIpc) is 3.38. The van der Waals surface area contributed by atoms with Crippen molar-refractivity contribution in [2.45, 2.75) is 24.9 Å². The molecule has 3 aromatic carbocycles. The average molecular weight is 572 g/mol. The molecular weight excluding hydrogens is 543 g/mol. The normalized spacial score (nSPS) is 20.4. The second kappa shape index (κ2) is 12.0. The number of hydrogen-bond donors (Lipinski definition) is 0. The van der Waals surface area contributed by atoms with Gasteiger partial charge >= 0.3 is 12.1 Å². The number of carbonyl (C=O) groups excluding carboxylic acids is 2. The third kappa shape index (κ3) is 6.66. The maximum atomic E-state index is 13.4. The summed E-state index contributed by atoms with van der Waals surface area (Å²) in [5.74, 6) is -2.54. The molecule has 10 heteroatoms. The first-order chi connectivity index (χ1) is 19.2. The fourth-order valence-electron chi connectivity index (χ4n) is 5.31. The van der Waals surface area contributed by atoms with Crippen molar-refractivity contribution in [2.24, 2.45) is 0 Å². The van der Waals surface area contributed by atoms with Crippen molar-refractivity contribution in [3.8, 4) is 11.1 Å². The predicted molar refractivity (Wildman–Crippen MR) is 146 cm³/mol. The van der Waals surface area contributed by atoms with Gasteiger partial charge in [0.1, 0.15) is 6.10 Å². The Labute approximate surface area is 235 Å². The Hall–Kier alpha value is -3.40. The fraction of sp³-hybridized carbons (Fsp3) is 0.333. The van der Waals surface area contributed by atoms with E-state index < -0.39 is 24.3 Å². The summed E-state index contributed by atoms with van der Waals surface area (Å²) in [6.07, 6.45) is -6.18. The fourth-order valence-corrected chi connectivity index (χ4v) is 5.44. The number of rotatable bonds is 6. The number of halogens is 4. The van der Waals surface area contributed by atoms with E-state index in [1.165, 1.54) is 4.90 Å². The summed E-state index contributed by atoms with van der Waals surface area (Å²) < 4.78 is 44.2. The number of piperazine rings is 1. The van der Waals surface area contributed by atoms with Gasteiger partial charge in [0, 0.05) is 49.9 Å². The summed E-state index contributed by atoms with van der Waals surface area (Å²) in [5, 5.41) is 0.667. The Morgan fingerprint density at radius 3 is 2.08 bits per heavy atom. The van der Waals surface area contributed by atoms with Crippen LogP contribution in [0.25, 0.3) is 11.1 Å². The Bertz CT molecular complexity index is 1310. The summed E-state index contributed by atoms with van der Waals surface area (Å²) in [4.78, 5) is 30.9. The van der Waals surface area contributed by atoms with Crippen LogP contribution in [0.1, 0.15) is 15.9 Å². The maximum absolute atomic E-state index is 13.4. The van der Waals surface area contributed by atoms with Crippen LogP contribution in [0, 0.1) is 0 Å². The van der Waals surface area contributed by atoms with Gasteiger partial charge in [0.25, 0.3) is 5.91 Å². The number of alkyl halides is 3. The number of likely N-dealkylation sites (tertiary alicyclic amines) is 1. The molecule has 2 aliphatic rings. The van der Waals surface area contributed by atoms with Gasteiger partial charge in [-0.15, -0.1) is 0 Å². The van der Waals surface area contributed by atoms with E-state index in [1.54, 1.807) is 12.1 Å². The molecule has 2 aliphatic heterocycles. The van der Waals surface area contributed by atoms with E-state index >= 15 is 0 Å². The number of carbonyl (C=O) groups is 2. The van der Waals surface area contributed by atoms with Gasteiger partial charge in [-0.1, -0.05) is 66.2 Å². The van der Waals surface area contributed by atoms with E-state index in [4.69, 9.17) is 16.3 Å². The zero-order valence-corrected chi connectivity index (χ0v) is 22.4. The van der Waals surface area contributed by atoms with Crippen molar-refractivity contribution in [3.05, 3.63) is 95.0 Å². The lowest BCUT2D eigenvalue weighted by atomic mass is 10.0. The second-order valence-electron chi connectivity index (χ2n) is 10.1. The van der Waals surface area contributed by atoms with Crippen LogP contribution >= 0.6 is 11.6 Å². The molecule has 0 saturated carbocycles. The molecular formula is C30H29ClF3N3O3. The molecule has 0 bridgehead atoms. The molecule has 0 unspecified atom stereocenters. The Morgan fingerprint density at radius 2 is 1.45 bits per heavy atom. The minimum atomic E-state index is -5.10. The van der Waals surface area contributed by atoms with E-state index in [9.17, 15) is 22.8 Å². The van der Waals surface area contributed by atoms with Gasteiger partial charge in [0.2, 0.25) is 0 Å². The summed E-state index contributed by atoms with van der Waals surface area (Å²) in [6, 6.07) is 23.9. The molecule has 1 amide bonds. The summed E-state index contributed by atoms with van der Waals surface area (Å²) in [5.41, 5.74) is 3.50. The number of hydrogen-bond acceptors (Lipinski definition) is 5. The molecule has 0 radical (unpaired) electrons. The highest BCUT2D eigenvalue weighted by atomic mass is 35.5. The molecule has 2 saturated heterocycles. The summed E-state index contributed by atoms with van der Waals surface area (Å²) in [7, 11) is 0. The first-order valence-corrected chi connectivity index (χ1v) is 13.5. The van der Waals surface area contributed by atoms with Crippen molar-refractivity contribution < 1.29 is 27.5 Å². The first kappa shape index (κ1) is 28.1. The van der Waals surface area contributed by atoms with Gasteiger partial charge in [-0.25, -0.2) is 4.79 Å². The Morgan fingerprint density at radius 1 is 0.825 bits per heavy atom. The monoisotopic (exact) mass is 571 g/mol. The van der Waals surface area contributed by atoms with Crippen LogP contribution in [0.15, 0.2) is 78.9 Å². The molecule has 40 heavy (non-hydrogen) atoms. The number of nitrogens with zero attached hydrogens (tertiary/aromatic N) is 3. The molecule has 0 aromatic heterocycles. The topological polar surface area (TPSA) is 53.1 Å². The maximum Gasteiger partial charge on any atom is 0.490 e. The zero-order chi connectivity index (χ0) is 28.3. The van der Waals surface area contributed by atoms with E-state index in [1.807, 2.05) is 71.6 Å². The van der Waals surface area contributed by atoms with Crippen LogP contribution in [-0.2, 0) is 16.1 Å². The van der Waals surface area contributed by atoms with E-state index in [0.717, 1.165) is 23.2 Å².